The van der Waals surface area contributed by atoms with Crippen LogP contribution in [0.5, 0.6) is 0 Å². The topological polar surface area (TPSA) is 95.1 Å². The molecule has 0 saturated carbocycles. The number of aromatic nitrogens is 1. The zero-order valence-corrected chi connectivity index (χ0v) is 12.0. The zero-order chi connectivity index (χ0) is 15.1. The van der Waals surface area contributed by atoms with E-state index in [1.165, 1.54) is 0 Å². The molecule has 5 heteroatoms. The molecule has 2 aromatic heterocycles. The van der Waals surface area contributed by atoms with Gasteiger partial charge in [0.1, 0.15) is 11.4 Å². The first kappa shape index (κ1) is 13.6. The maximum Gasteiger partial charge on any atom is 0.232 e. The minimum Gasteiger partial charge on any atom is -0.437 e. The van der Waals surface area contributed by atoms with Crippen molar-refractivity contribution in [3.63, 3.8) is 0 Å². The lowest BCUT2D eigenvalue weighted by molar-refractivity contribution is 0.644. The molecule has 5 nitrogen and oxygen atoms in total. The number of pyridine rings is 1. The van der Waals surface area contributed by atoms with Crippen LogP contribution >= 0.6 is 0 Å². The highest BCUT2D eigenvalue weighted by molar-refractivity contribution is 5.89. The van der Waals surface area contributed by atoms with Crippen LogP contribution in [0, 0.1) is 0 Å². The number of rotatable bonds is 2. The van der Waals surface area contributed by atoms with Gasteiger partial charge in [0.15, 0.2) is 0 Å². The van der Waals surface area contributed by atoms with E-state index in [9.17, 15) is 4.79 Å². The molecule has 3 aromatic rings. The Labute approximate surface area is 121 Å². The lowest BCUT2D eigenvalue weighted by atomic mass is 10.0. The van der Waals surface area contributed by atoms with Crippen molar-refractivity contribution in [3.05, 3.63) is 45.6 Å². The predicted molar refractivity (Wildman–Crippen MR) is 84.2 cm³/mol. The summed E-state index contributed by atoms with van der Waals surface area (Å²) >= 11 is 0. The van der Waals surface area contributed by atoms with Gasteiger partial charge in [-0.3, -0.25) is 4.79 Å². The van der Waals surface area contributed by atoms with E-state index in [4.69, 9.17) is 15.9 Å². The van der Waals surface area contributed by atoms with Crippen molar-refractivity contribution in [2.45, 2.75) is 26.3 Å². The van der Waals surface area contributed by atoms with Crippen LogP contribution in [0.15, 0.2) is 33.5 Å². The Morgan fingerprint density at radius 2 is 2.00 bits per heavy atom. The highest BCUT2D eigenvalue weighted by Gasteiger charge is 2.12. The number of hydrogen-bond donors (Lipinski definition) is 2. The minimum atomic E-state index is -0.101. The SMILES string of the molecule is CC(C)c1ccc2oc3nc(N)c(CN)cc3c(=O)c2c1. The average molecular weight is 283 g/mol. The summed E-state index contributed by atoms with van der Waals surface area (Å²) in [6, 6.07) is 7.31. The van der Waals surface area contributed by atoms with E-state index in [1.807, 2.05) is 12.1 Å². The van der Waals surface area contributed by atoms with Gasteiger partial charge in [-0.15, -0.1) is 0 Å². The van der Waals surface area contributed by atoms with Crippen LogP contribution in [0.25, 0.3) is 22.1 Å². The summed E-state index contributed by atoms with van der Waals surface area (Å²) in [5.74, 6) is 0.639. The largest absolute Gasteiger partial charge is 0.437 e. The first-order valence-corrected chi connectivity index (χ1v) is 6.87. The summed E-state index contributed by atoms with van der Waals surface area (Å²) in [5, 5.41) is 0.973. The van der Waals surface area contributed by atoms with Gasteiger partial charge >= 0.3 is 0 Å². The molecule has 0 aliphatic carbocycles. The van der Waals surface area contributed by atoms with Crippen molar-refractivity contribution < 1.29 is 4.42 Å². The van der Waals surface area contributed by atoms with Gasteiger partial charge in [0.2, 0.25) is 11.1 Å². The number of nitrogens with two attached hydrogens (primary N) is 2. The zero-order valence-electron chi connectivity index (χ0n) is 12.0. The molecule has 0 saturated heterocycles. The Balaban J connectivity index is 2.41. The molecule has 0 aliphatic rings. The van der Waals surface area contributed by atoms with Crippen LogP contribution in [0.3, 0.4) is 0 Å². The van der Waals surface area contributed by atoms with Crippen molar-refractivity contribution >= 4 is 27.9 Å². The van der Waals surface area contributed by atoms with Gasteiger partial charge in [-0.05, 0) is 29.7 Å². The molecule has 1 aromatic carbocycles. The van der Waals surface area contributed by atoms with Gasteiger partial charge < -0.3 is 15.9 Å². The molecule has 108 valence electrons. The Morgan fingerprint density at radius 1 is 1.24 bits per heavy atom. The van der Waals surface area contributed by atoms with Crippen LogP contribution in [-0.2, 0) is 6.54 Å². The number of anilines is 1. The van der Waals surface area contributed by atoms with E-state index in [0.29, 0.717) is 33.7 Å². The van der Waals surface area contributed by atoms with Gasteiger partial charge in [-0.2, -0.15) is 4.98 Å². The highest BCUT2D eigenvalue weighted by Crippen LogP contribution is 2.23. The summed E-state index contributed by atoms with van der Waals surface area (Å²) in [6.07, 6.45) is 0. The number of benzene rings is 1. The van der Waals surface area contributed by atoms with Gasteiger partial charge in [0, 0.05) is 12.1 Å². The molecule has 4 N–H and O–H groups in total. The monoisotopic (exact) mass is 283 g/mol. The van der Waals surface area contributed by atoms with Gasteiger partial charge in [-0.1, -0.05) is 19.9 Å². The molecule has 0 atom stereocenters. The number of nitrogens with zero attached hydrogens (tertiary/aromatic N) is 1. The molecule has 0 aliphatic heterocycles. The third kappa shape index (κ3) is 2.15. The Morgan fingerprint density at radius 3 is 2.67 bits per heavy atom. The molecular formula is C16H17N3O2. The fraction of sp³-hybridized carbons (Fsp3) is 0.250. The summed E-state index contributed by atoms with van der Waals surface area (Å²) in [4.78, 5) is 16.8. The minimum absolute atomic E-state index is 0.101. The lowest BCUT2D eigenvalue weighted by Crippen LogP contribution is -2.09. The fourth-order valence-electron chi connectivity index (χ4n) is 2.38. The summed E-state index contributed by atoms with van der Waals surface area (Å²) in [5.41, 5.74) is 13.8. The van der Waals surface area contributed by atoms with Crippen LogP contribution in [0.1, 0.15) is 30.9 Å². The summed E-state index contributed by atoms with van der Waals surface area (Å²) in [7, 11) is 0. The van der Waals surface area contributed by atoms with Gasteiger partial charge in [-0.25, -0.2) is 0 Å². The van der Waals surface area contributed by atoms with E-state index < -0.39 is 0 Å². The van der Waals surface area contributed by atoms with Crippen molar-refractivity contribution in [1.29, 1.82) is 0 Å². The summed E-state index contributed by atoms with van der Waals surface area (Å²) in [6.45, 7) is 4.40. The second-order valence-corrected chi connectivity index (χ2v) is 5.43. The van der Waals surface area contributed by atoms with Crippen molar-refractivity contribution in [2.75, 3.05) is 5.73 Å². The van der Waals surface area contributed by atoms with Gasteiger partial charge in [0.05, 0.1) is 10.8 Å². The van der Waals surface area contributed by atoms with E-state index in [-0.39, 0.29) is 17.7 Å². The molecule has 0 fully saturated rings. The number of fused-ring (bicyclic) bond motifs is 2. The molecule has 21 heavy (non-hydrogen) atoms. The molecule has 0 unspecified atom stereocenters. The Bertz CT molecular complexity index is 897. The number of nitrogen functional groups attached to an aromatic ring is 1. The van der Waals surface area contributed by atoms with Crippen LogP contribution < -0.4 is 16.9 Å². The molecule has 3 rings (SSSR count). The first-order chi connectivity index (χ1) is 10.0. The number of hydrogen-bond acceptors (Lipinski definition) is 5. The molecular weight excluding hydrogens is 266 g/mol. The smallest absolute Gasteiger partial charge is 0.232 e. The molecule has 0 radical (unpaired) electrons. The van der Waals surface area contributed by atoms with E-state index in [1.54, 1.807) is 12.1 Å². The second kappa shape index (κ2) is 4.86. The van der Waals surface area contributed by atoms with Crippen LogP contribution in [0.4, 0.5) is 5.82 Å². The predicted octanol–water partition coefficient (Wildman–Crippen LogP) is 2.51. The summed E-state index contributed by atoms with van der Waals surface area (Å²) < 4.78 is 5.71. The molecule has 2 heterocycles. The van der Waals surface area contributed by atoms with E-state index in [2.05, 4.69) is 18.8 Å². The maximum absolute atomic E-state index is 12.7. The molecule has 0 bridgehead atoms. The van der Waals surface area contributed by atoms with Gasteiger partial charge in [0.25, 0.3) is 0 Å². The quantitative estimate of drug-likeness (QED) is 0.704. The average Bonchev–Trinajstić information content (AvgIpc) is 2.46. The standard InChI is InChI=1S/C16H17N3O2/c1-8(2)9-3-4-13-11(5-9)14(20)12-6-10(7-17)15(18)19-16(12)21-13/h3-6,8H,7,17H2,1-2H3,(H2,18,19). The van der Waals surface area contributed by atoms with Crippen LogP contribution in [-0.4, -0.2) is 4.98 Å². The van der Waals surface area contributed by atoms with Crippen molar-refractivity contribution in [3.8, 4) is 0 Å². The fourth-order valence-corrected chi connectivity index (χ4v) is 2.38. The second-order valence-electron chi connectivity index (χ2n) is 5.43. The highest BCUT2D eigenvalue weighted by atomic mass is 16.3. The normalized spacial score (nSPS) is 11.6. The third-order valence-corrected chi connectivity index (χ3v) is 3.69. The van der Waals surface area contributed by atoms with Crippen molar-refractivity contribution in [1.82, 2.24) is 4.98 Å². The molecule has 0 spiro atoms. The third-order valence-electron chi connectivity index (χ3n) is 3.69. The van der Waals surface area contributed by atoms with E-state index in [0.717, 1.165) is 5.56 Å². The molecule has 0 amide bonds. The van der Waals surface area contributed by atoms with Crippen molar-refractivity contribution in [2.24, 2.45) is 5.73 Å². The first-order valence-electron chi connectivity index (χ1n) is 6.87. The Hall–Kier alpha value is -2.40. The maximum atomic E-state index is 12.7. The van der Waals surface area contributed by atoms with Crippen LogP contribution in [0.2, 0.25) is 0 Å². The van der Waals surface area contributed by atoms with E-state index >= 15 is 0 Å². The lowest BCUT2D eigenvalue weighted by Gasteiger charge is -2.08. The Kier molecular flexibility index (Phi) is 3.14.